The van der Waals surface area contributed by atoms with E-state index in [9.17, 15) is 18.7 Å². The Hall–Kier alpha value is -2.27. The summed E-state index contributed by atoms with van der Waals surface area (Å²) in [5.74, 6) is -2.74. The van der Waals surface area contributed by atoms with Crippen molar-refractivity contribution in [3.8, 4) is 0 Å². The molecule has 1 atom stereocenters. The first kappa shape index (κ1) is 15.1. The van der Waals surface area contributed by atoms with Gasteiger partial charge in [0.2, 0.25) is 0 Å². The highest BCUT2D eigenvalue weighted by molar-refractivity contribution is 5.76. The molecule has 2 aromatic carbocycles. The van der Waals surface area contributed by atoms with Gasteiger partial charge in [-0.05, 0) is 23.8 Å². The van der Waals surface area contributed by atoms with E-state index in [1.54, 1.807) is 30.3 Å². The van der Waals surface area contributed by atoms with E-state index in [-0.39, 0.29) is 18.7 Å². The van der Waals surface area contributed by atoms with E-state index in [0.717, 1.165) is 18.2 Å². The van der Waals surface area contributed by atoms with Gasteiger partial charge >= 0.3 is 5.97 Å². The molecule has 2 aromatic rings. The van der Waals surface area contributed by atoms with Gasteiger partial charge in [-0.25, -0.2) is 8.78 Å². The number of halogens is 2. The third-order valence-corrected chi connectivity index (χ3v) is 3.17. The number of hydrogen-bond acceptors (Lipinski definition) is 2. The maximum absolute atomic E-state index is 13.5. The second kappa shape index (κ2) is 6.95. The quantitative estimate of drug-likeness (QED) is 0.860. The number of nitrogens with one attached hydrogen (secondary N) is 1. The molecule has 1 unspecified atom stereocenters. The van der Waals surface area contributed by atoms with Crippen molar-refractivity contribution in [2.75, 3.05) is 6.54 Å². The Kier molecular flexibility index (Phi) is 5.00. The first-order chi connectivity index (χ1) is 10.1. The van der Waals surface area contributed by atoms with Crippen LogP contribution in [0.2, 0.25) is 0 Å². The largest absolute Gasteiger partial charge is 0.481 e. The Morgan fingerprint density at radius 1 is 1.14 bits per heavy atom. The highest BCUT2D eigenvalue weighted by atomic mass is 19.1. The Morgan fingerprint density at radius 2 is 1.86 bits per heavy atom. The molecular weight excluding hydrogens is 276 g/mol. The number of carboxylic acid groups (broad SMARTS) is 1. The maximum Gasteiger partial charge on any atom is 0.312 e. The average molecular weight is 291 g/mol. The van der Waals surface area contributed by atoms with Crippen molar-refractivity contribution in [3.05, 3.63) is 71.3 Å². The van der Waals surface area contributed by atoms with Crippen LogP contribution >= 0.6 is 0 Å². The highest BCUT2D eigenvalue weighted by Gasteiger charge is 2.19. The monoisotopic (exact) mass is 291 g/mol. The number of rotatable bonds is 6. The highest BCUT2D eigenvalue weighted by Crippen LogP contribution is 2.15. The Balaban J connectivity index is 2.00. The van der Waals surface area contributed by atoms with Crippen LogP contribution in [0.1, 0.15) is 17.0 Å². The van der Waals surface area contributed by atoms with E-state index in [0.29, 0.717) is 5.56 Å². The topological polar surface area (TPSA) is 49.3 Å². The van der Waals surface area contributed by atoms with Gasteiger partial charge in [-0.3, -0.25) is 4.79 Å². The minimum absolute atomic E-state index is 0.0696. The van der Waals surface area contributed by atoms with E-state index in [1.807, 2.05) is 0 Å². The van der Waals surface area contributed by atoms with Crippen LogP contribution < -0.4 is 5.32 Å². The summed E-state index contributed by atoms with van der Waals surface area (Å²) in [4.78, 5) is 11.3. The molecule has 2 N–H and O–H groups in total. The van der Waals surface area contributed by atoms with Gasteiger partial charge in [-0.2, -0.15) is 0 Å². The fraction of sp³-hybridized carbons (Fsp3) is 0.188. The standard InChI is InChI=1S/C16H15F2NO2/c17-13-6-7-15(18)12(8-13)9-19-10-14(16(20)21)11-4-2-1-3-5-11/h1-8,14,19H,9-10H2,(H,20,21). The summed E-state index contributed by atoms with van der Waals surface area (Å²) in [5, 5.41) is 12.1. The molecule has 3 nitrogen and oxygen atoms in total. The second-order valence-corrected chi connectivity index (χ2v) is 4.67. The van der Waals surface area contributed by atoms with Gasteiger partial charge in [0.05, 0.1) is 5.92 Å². The van der Waals surface area contributed by atoms with Crippen molar-refractivity contribution in [1.82, 2.24) is 5.32 Å². The predicted octanol–water partition coefficient (Wildman–Crippen LogP) is 2.92. The van der Waals surface area contributed by atoms with E-state index in [1.165, 1.54) is 0 Å². The first-order valence-electron chi connectivity index (χ1n) is 6.50. The third-order valence-electron chi connectivity index (χ3n) is 3.17. The SMILES string of the molecule is O=C(O)C(CNCc1cc(F)ccc1F)c1ccccc1. The van der Waals surface area contributed by atoms with E-state index in [2.05, 4.69) is 5.32 Å². The van der Waals surface area contributed by atoms with Crippen molar-refractivity contribution in [2.24, 2.45) is 0 Å². The summed E-state index contributed by atoms with van der Waals surface area (Å²) < 4.78 is 26.5. The number of benzene rings is 2. The molecule has 0 radical (unpaired) electrons. The predicted molar refractivity (Wildman–Crippen MR) is 74.9 cm³/mol. The molecule has 0 aliphatic rings. The molecule has 0 amide bonds. The maximum atomic E-state index is 13.5. The molecule has 0 aromatic heterocycles. The zero-order valence-electron chi connectivity index (χ0n) is 11.2. The number of carbonyl (C=O) groups is 1. The molecule has 21 heavy (non-hydrogen) atoms. The molecule has 5 heteroatoms. The van der Waals surface area contributed by atoms with Crippen molar-refractivity contribution in [1.29, 1.82) is 0 Å². The summed E-state index contributed by atoms with van der Waals surface area (Å²) in [6.45, 7) is 0.204. The van der Waals surface area contributed by atoms with Crippen LogP contribution in [0.3, 0.4) is 0 Å². The van der Waals surface area contributed by atoms with Crippen molar-refractivity contribution >= 4 is 5.97 Å². The molecule has 0 heterocycles. The fourth-order valence-electron chi connectivity index (χ4n) is 2.06. The lowest BCUT2D eigenvalue weighted by Crippen LogP contribution is -2.26. The van der Waals surface area contributed by atoms with Gasteiger partial charge in [-0.1, -0.05) is 30.3 Å². The molecule has 0 saturated heterocycles. The summed E-state index contributed by atoms with van der Waals surface area (Å²) in [7, 11) is 0. The van der Waals surface area contributed by atoms with E-state index >= 15 is 0 Å². The van der Waals surface area contributed by atoms with Crippen molar-refractivity contribution in [3.63, 3.8) is 0 Å². The molecule has 0 spiro atoms. The van der Waals surface area contributed by atoms with Gasteiger partial charge in [0.1, 0.15) is 11.6 Å². The molecule has 0 fully saturated rings. The molecule has 0 aliphatic carbocycles. The summed E-state index contributed by atoms with van der Waals surface area (Å²) in [5.41, 5.74) is 0.837. The lowest BCUT2D eigenvalue weighted by atomic mass is 9.99. The normalized spacial score (nSPS) is 12.1. The van der Waals surface area contributed by atoms with Gasteiger partial charge in [-0.15, -0.1) is 0 Å². The second-order valence-electron chi connectivity index (χ2n) is 4.67. The third kappa shape index (κ3) is 4.10. The van der Waals surface area contributed by atoms with Crippen LogP contribution in [-0.2, 0) is 11.3 Å². The molecule has 2 rings (SSSR count). The summed E-state index contributed by atoms with van der Waals surface area (Å²) >= 11 is 0. The molecule has 0 bridgehead atoms. The number of aliphatic carboxylic acids is 1. The van der Waals surface area contributed by atoms with Crippen LogP contribution in [0.15, 0.2) is 48.5 Å². The van der Waals surface area contributed by atoms with E-state index in [4.69, 9.17) is 0 Å². The lowest BCUT2D eigenvalue weighted by Gasteiger charge is -2.14. The smallest absolute Gasteiger partial charge is 0.312 e. The summed E-state index contributed by atoms with van der Waals surface area (Å²) in [6, 6.07) is 12.0. The fourth-order valence-corrected chi connectivity index (χ4v) is 2.06. The van der Waals surface area contributed by atoms with Crippen LogP contribution in [0.4, 0.5) is 8.78 Å². The lowest BCUT2D eigenvalue weighted by molar-refractivity contribution is -0.138. The zero-order valence-corrected chi connectivity index (χ0v) is 11.2. The van der Waals surface area contributed by atoms with Crippen LogP contribution in [0, 0.1) is 11.6 Å². The molecule has 0 aliphatic heterocycles. The Labute approximate surface area is 121 Å². The van der Waals surface area contributed by atoms with Crippen LogP contribution in [0.5, 0.6) is 0 Å². The van der Waals surface area contributed by atoms with E-state index < -0.39 is 23.5 Å². The number of carboxylic acids is 1. The van der Waals surface area contributed by atoms with Gasteiger partial charge in [0.15, 0.2) is 0 Å². The number of hydrogen-bond donors (Lipinski definition) is 2. The zero-order chi connectivity index (χ0) is 15.2. The Bertz CT molecular complexity index is 617. The van der Waals surface area contributed by atoms with Gasteiger partial charge in [0.25, 0.3) is 0 Å². The average Bonchev–Trinajstić information content (AvgIpc) is 2.47. The van der Waals surface area contributed by atoms with Crippen LogP contribution in [0.25, 0.3) is 0 Å². The molecular formula is C16H15F2NO2. The minimum Gasteiger partial charge on any atom is -0.481 e. The van der Waals surface area contributed by atoms with Crippen LogP contribution in [-0.4, -0.2) is 17.6 Å². The van der Waals surface area contributed by atoms with Gasteiger partial charge in [0, 0.05) is 18.7 Å². The molecule has 110 valence electrons. The minimum atomic E-state index is -0.964. The van der Waals surface area contributed by atoms with Crippen molar-refractivity contribution in [2.45, 2.75) is 12.5 Å². The first-order valence-corrected chi connectivity index (χ1v) is 6.50. The molecule has 0 saturated carbocycles. The Morgan fingerprint density at radius 3 is 2.52 bits per heavy atom. The van der Waals surface area contributed by atoms with Gasteiger partial charge < -0.3 is 10.4 Å². The summed E-state index contributed by atoms with van der Waals surface area (Å²) in [6.07, 6.45) is 0. The van der Waals surface area contributed by atoms with Crippen molar-refractivity contribution < 1.29 is 18.7 Å².